The van der Waals surface area contributed by atoms with E-state index in [-0.39, 0.29) is 22.8 Å². The van der Waals surface area contributed by atoms with Crippen molar-refractivity contribution < 1.29 is 9.53 Å². The van der Waals surface area contributed by atoms with Crippen molar-refractivity contribution in [2.24, 2.45) is 5.92 Å². The molecular formula is C14H20N4O2. The highest BCUT2D eigenvalue weighted by Gasteiger charge is 2.19. The Morgan fingerprint density at radius 1 is 1.65 bits per heavy atom. The molecule has 0 saturated heterocycles. The van der Waals surface area contributed by atoms with Crippen LogP contribution >= 0.6 is 0 Å². The predicted molar refractivity (Wildman–Crippen MR) is 76.6 cm³/mol. The average molecular weight is 276 g/mol. The Balaban J connectivity index is 0.000000276. The van der Waals surface area contributed by atoms with Gasteiger partial charge in [-0.1, -0.05) is 0 Å². The molecule has 20 heavy (non-hydrogen) atoms. The smallest absolute Gasteiger partial charge is 0.234 e. The maximum absolute atomic E-state index is 10.5. The number of hydrogen-bond acceptors (Lipinski definition) is 6. The molecule has 1 aliphatic carbocycles. The summed E-state index contributed by atoms with van der Waals surface area (Å²) in [6.45, 7) is 3.36. The fourth-order valence-corrected chi connectivity index (χ4v) is 1.58. The maximum atomic E-state index is 10.5. The minimum Gasteiger partial charge on any atom is -0.477 e. The first-order valence-electron chi connectivity index (χ1n) is 6.59. The number of nitrogens with one attached hydrogen (secondary N) is 1. The van der Waals surface area contributed by atoms with Gasteiger partial charge in [0, 0.05) is 0 Å². The van der Waals surface area contributed by atoms with Crippen molar-refractivity contribution in [2.45, 2.75) is 19.8 Å². The summed E-state index contributed by atoms with van der Waals surface area (Å²) in [5.41, 5.74) is 6.06. The summed E-state index contributed by atoms with van der Waals surface area (Å²) in [5, 5.41) is 11.9. The van der Waals surface area contributed by atoms with Crippen LogP contribution in [0.1, 0.15) is 35.8 Å². The van der Waals surface area contributed by atoms with Gasteiger partial charge in [-0.3, -0.25) is 4.79 Å². The third-order valence-corrected chi connectivity index (χ3v) is 2.74. The summed E-state index contributed by atoms with van der Waals surface area (Å²) in [4.78, 5) is 14.3. The molecule has 0 bridgehead atoms. The Morgan fingerprint density at radius 3 is 2.75 bits per heavy atom. The minimum absolute atomic E-state index is 0.108. The molecule has 1 aliphatic rings. The molecule has 6 heteroatoms. The van der Waals surface area contributed by atoms with Crippen LogP contribution in [-0.2, 0) is 0 Å². The van der Waals surface area contributed by atoms with Crippen LogP contribution in [0.3, 0.4) is 0 Å². The van der Waals surface area contributed by atoms with Gasteiger partial charge in [-0.25, -0.2) is 4.98 Å². The molecule has 0 atom stereocenters. The molecule has 0 amide bonds. The van der Waals surface area contributed by atoms with Crippen molar-refractivity contribution >= 4 is 12.0 Å². The minimum atomic E-state index is 0.108. The summed E-state index contributed by atoms with van der Waals surface area (Å²) in [5.74, 6) is 1.15. The monoisotopic (exact) mass is 276 g/mol. The van der Waals surface area contributed by atoms with E-state index in [2.05, 4.69) is 10.3 Å². The number of nitrogens with two attached hydrogens (primary N) is 1. The molecular weight excluding hydrogens is 256 g/mol. The highest BCUT2D eigenvalue weighted by atomic mass is 16.5. The van der Waals surface area contributed by atoms with Gasteiger partial charge in [0.15, 0.2) is 6.29 Å². The lowest BCUT2D eigenvalue weighted by Crippen LogP contribution is -2.08. The van der Waals surface area contributed by atoms with Crippen molar-refractivity contribution in [1.82, 2.24) is 10.3 Å². The van der Waals surface area contributed by atoms with Crippen LogP contribution in [0.2, 0.25) is 0 Å². The Morgan fingerprint density at radius 2 is 2.35 bits per heavy atom. The van der Waals surface area contributed by atoms with Crippen molar-refractivity contribution in [3.8, 4) is 11.9 Å². The second-order valence-electron chi connectivity index (χ2n) is 4.48. The van der Waals surface area contributed by atoms with Crippen LogP contribution in [0.5, 0.6) is 5.88 Å². The molecule has 108 valence electrons. The molecule has 2 rings (SSSR count). The molecule has 0 aliphatic heterocycles. The van der Waals surface area contributed by atoms with Gasteiger partial charge in [0.1, 0.15) is 17.3 Å². The number of rotatable bonds is 5. The number of pyridine rings is 1. The molecule has 3 N–H and O–H groups in total. The summed E-state index contributed by atoms with van der Waals surface area (Å²) in [6, 6.07) is 3.21. The van der Waals surface area contributed by atoms with E-state index in [4.69, 9.17) is 15.7 Å². The molecule has 0 spiro atoms. The molecule has 1 heterocycles. The molecule has 0 radical (unpaired) electrons. The lowest BCUT2D eigenvalue weighted by atomic mass is 10.2. The van der Waals surface area contributed by atoms with E-state index in [9.17, 15) is 4.79 Å². The van der Waals surface area contributed by atoms with E-state index in [1.807, 2.05) is 13.1 Å². The van der Waals surface area contributed by atoms with Gasteiger partial charge in [0.2, 0.25) is 5.88 Å². The largest absolute Gasteiger partial charge is 0.477 e. The topological polar surface area (TPSA) is 101 Å². The molecule has 6 nitrogen and oxygen atoms in total. The van der Waals surface area contributed by atoms with Gasteiger partial charge in [0.25, 0.3) is 0 Å². The molecule has 1 saturated carbocycles. The number of aromatic nitrogens is 1. The first-order chi connectivity index (χ1) is 9.65. The van der Waals surface area contributed by atoms with Crippen LogP contribution in [0.15, 0.2) is 6.07 Å². The zero-order valence-corrected chi connectivity index (χ0v) is 11.8. The Bertz CT molecular complexity index is 493. The van der Waals surface area contributed by atoms with E-state index < -0.39 is 0 Å². The number of aldehydes is 1. The molecule has 0 unspecified atom stereocenters. The number of nitrogens with zero attached hydrogens (tertiary/aromatic N) is 2. The van der Waals surface area contributed by atoms with E-state index in [1.165, 1.54) is 25.5 Å². The third kappa shape index (κ3) is 4.86. The summed E-state index contributed by atoms with van der Waals surface area (Å²) >= 11 is 0. The Labute approximate surface area is 118 Å². The molecule has 1 aromatic rings. The van der Waals surface area contributed by atoms with Gasteiger partial charge in [-0.05, 0) is 45.3 Å². The Kier molecular flexibility index (Phi) is 6.47. The van der Waals surface area contributed by atoms with E-state index in [0.29, 0.717) is 12.9 Å². The lowest BCUT2D eigenvalue weighted by molar-refractivity contribution is 0.111. The summed E-state index contributed by atoms with van der Waals surface area (Å²) in [7, 11) is 2.01. The summed E-state index contributed by atoms with van der Waals surface area (Å²) < 4.78 is 5.08. The van der Waals surface area contributed by atoms with Crippen LogP contribution < -0.4 is 15.8 Å². The highest BCUT2D eigenvalue weighted by molar-refractivity contribution is 5.76. The number of carbonyl (C=O) groups is 1. The van der Waals surface area contributed by atoms with Crippen LogP contribution in [0.4, 0.5) is 5.69 Å². The van der Waals surface area contributed by atoms with Crippen molar-refractivity contribution in [3.63, 3.8) is 0 Å². The standard InChI is InChI=1S/C9H9N3O2.C5H11N/c1-2-14-9-7(4-10)8(11)3-6(5-13)12-9;1-6-4-5-2-3-5/h3,5H,2H2,1H3,(H2,11,12);5-6H,2-4H2,1H3. The maximum Gasteiger partial charge on any atom is 0.234 e. The second kappa shape index (κ2) is 8.12. The predicted octanol–water partition coefficient (Wildman–Crippen LogP) is 1.36. The first-order valence-corrected chi connectivity index (χ1v) is 6.59. The SMILES string of the molecule is CCOc1nc(C=O)cc(N)c1C#N.CNCC1CC1. The number of carbonyl (C=O) groups excluding carboxylic acids is 1. The Hall–Kier alpha value is -2.13. The van der Waals surface area contributed by atoms with Crippen LogP contribution in [0, 0.1) is 17.2 Å². The molecule has 1 aromatic heterocycles. The van der Waals surface area contributed by atoms with Gasteiger partial charge < -0.3 is 15.8 Å². The number of nitrogen functional groups attached to an aromatic ring is 1. The van der Waals surface area contributed by atoms with Gasteiger partial charge in [-0.2, -0.15) is 5.26 Å². The fraction of sp³-hybridized carbons (Fsp3) is 0.500. The highest BCUT2D eigenvalue weighted by Crippen LogP contribution is 2.27. The number of ether oxygens (including phenoxy) is 1. The normalized spacial score (nSPS) is 12.8. The van der Waals surface area contributed by atoms with Crippen LogP contribution in [0.25, 0.3) is 0 Å². The van der Waals surface area contributed by atoms with Crippen molar-refractivity contribution in [1.29, 1.82) is 5.26 Å². The van der Waals surface area contributed by atoms with Crippen LogP contribution in [-0.4, -0.2) is 31.5 Å². The molecule has 0 aromatic carbocycles. The second-order valence-corrected chi connectivity index (χ2v) is 4.48. The zero-order chi connectivity index (χ0) is 15.0. The van der Waals surface area contributed by atoms with Gasteiger partial charge in [-0.15, -0.1) is 0 Å². The van der Waals surface area contributed by atoms with Gasteiger partial charge in [0.05, 0.1) is 12.3 Å². The zero-order valence-electron chi connectivity index (χ0n) is 11.8. The van der Waals surface area contributed by atoms with Crippen molar-refractivity contribution in [3.05, 3.63) is 17.3 Å². The number of anilines is 1. The van der Waals surface area contributed by atoms with Gasteiger partial charge >= 0.3 is 0 Å². The molecule has 1 fully saturated rings. The fourth-order valence-electron chi connectivity index (χ4n) is 1.58. The quantitative estimate of drug-likeness (QED) is 0.787. The number of nitriles is 1. The number of hydrogen-bond donors (Lipinski definition) is 2. The van der Waals surface area contributed by atoms with E-state index in [1.54, 1.807) is 6.92 Å². The average Bonchev–Trinajstić information content (AvgIpc) is 3.24. The van der Waals surface area contributed by atoms with E-state index >= 15 is 0 Å². The summed E-state index contributed by atoms with van der Waals surface area (Å²) in [6.07, 6.45) is 3.47. The lowest BCUT2D eigenvalue weighted by Gasteiger charge is -2.06. The first kappa shape index (κ1) is 15.9. The third-order valence-electron chi connectivity index (χ3n) is 2.74. The van der Waals surface area contributed by atoms with Crippen molar-refractivity contribution in [2.75, 3.05) is 25.9 Å². The van der Waals surface area contributed by atoms with E-state index in [0.717, 1.165) is 5.92 Å².